The molecule has 82 valence electrons. The first kappa shape index (κ1) is 13.5. The molecule has 0 aromatic heterocycles. The largest absolute Gasteiger partial charge is 0.0847 e. The normalized spacial score (nSPS) is 12.6. The van der Waals surface area contributed by atoms with E-state index in [0.29, 0.717) is 0 Å². The summed E-state index contributed by atoms with van der Waals surface area (Å²) >= 11 is 0. The molecule has 0 unspecified atom stereocenters. The van der Waals surface area contributed by atoms with Crippen molar-refractivity contribution in [3.8, 4) is 0 Å². The van der Waals surface area contributed by atoms with Gasteiger partial charge in [-0.25, -0.2) is 0 Å². The van der Waals surface area contributed by atoms with Crippen LogP contribution in [0, 0.1) is 0 Å². The van der Waals surface area contributed by atoms with Gasteiger partial charge in [0.25, 0.3) is 0 Å². The summed E-state index contributed by atoms with van der Waals surface area (Å²) < 4.78 is 0. The highest BCUT2D eigenvalue weighted by Crippen LogP contribution is 2.07. The second-order valence-electron chi connectivity index (χ2n) is 3.99. The molecule has 0 N–H and O–H groups in total. The Morgan fingerprint density at radius 2 is 1.64 bits per heavy atom. The van der Waals surface area contributed by atoms with Crippen LogP contribution >= 0.6 is 0 Å². The van der Waals surface area contributed by atoms with Gasteiger partial charge in [-0.05, 0) is 26.7 Å². The van der Waals surface area contributed by atoms with Crippen LogP contribution in [0.5, 0.6) is 0 Å². The predicted molar refractivity (Wildman–Crippen MR) is 66.6 cm³/mol. The number of hydrogen-bond donors (Lipinski definition) is 0. The third kappa shape index (κ3) is 9.57. The van der Waals surface area contributed by atoms with Gasteiger partial charge in [-0.15, -0.1) is 0 Å². The van der Waals surface area contributed by atoms with Crippen molar-refractivity contribution < 1.29 is 0 Å². The fourth-order valence-corrected chi connectivity index (χ4v) is 1.41. The molecule has 0 aliphatic rings. The lowest BCUT2D eigenvalue weighted by Crippen LogP contribution is -1.77. The third-order valence-corrected chi connectivity index (χ3v) is 2.56. The molecule has 0 atom stereocenters. The highest BCUT2D eigenvalue weighted by Gasteiger charge is 1.87. The first-order chi connectivity index (χ1) is 6.81. The summed E-state index contributed by atoms with van der Waals surface area (Å²) in [5.74, 6) is 0. The van der Waals surface area contributed by atoms with Gasteiger partial charge in [0.2, 0.25) is 0 Å². The van der Waals surface area contributed by atoms with E-state index in [1.54, 1.807) is 0 Å². The molecule has 0 rings (SSSR count). The SMILES string of the molecule is CC=C(C)/C=C/CCCCCCCC. The average Bonchev–Trinajstić information content (AvgIpc) is 2.21. The van der Waals surface area contributed by atoms with E-state index < -0.39 is 0 Å². The van der Waals surface area contributed by atoms with Crippen LogP contribution in [0.3, 0.4) is 0 Å². The summed E-state index contributed by atoms with van der Waals surface area (Å²) in [5.41, 5.74) is 1.37. The van der Waals surface area contributed by atoms with Crippen LogP contribution in [0.2, 0.25) is 0 Å². The van der Waals surface area contributed by atoms with Crippen LogP contribution in [0.15, 0.2) is 23.8 Å². The van der Waals surface area contributed by atoms with Crippen LogP contribution in [-0.4, -0.2) is 0 Å². The number of rotatable bonds is 8. The molecule has 0 fully saturated rings. The molecular weight excluding hydrogens is 168 g/mol. The molecule has 0 aliphatic carbocycles. The Balaban J connectivity index is 3.17. The first-order valence-electron chi connectivity index (χ1n) is 6.10. The highest BCUT2D eigenvalue weighted by molar-refractivity contribution is 5.14. The van der Waals surface area contributed by atoms with E-state index in [2.05, 4.69) is 39.0 Å². The van der Waals surface area contributed by atoms with Gasteiger partial charge >= 0.3 is 0 Å². The molecular formula is C14H26. The minimum Gasteiger partial charge on any atom is -0.0847 e. The molecule has 0 saturated carbocycles. The first-order valence-corrected chi connectivity index (χ1v) is 6.10. The van der Waals surface area contributed by atoms with Gasteiger partial charge in [0.15, 0.2) is 0 Å². The Hall–Kier alpha value is -0.520. The topological polar surface area (TPSA) is 0 Å². The van der Waals surface area contributed by atoms with Gasteiger partial charge in [-0.2, -0.15) is 0 Å². The minimum absolute atomic E-state index is 1.25. The van der Waals surface area contributed by atoms with E-state index in [1.807, 2.05) is 0 Å². The van der Waals surface area contributed by atoms with Crippen molar-refractivity contribution in [2.24, 2.45) is 0 Å². The zero-order chi connectivity index (χ0) is 10.6. The van der Waals surface area contributed by atoms with Crippen molar-refractivity contribution in [3.05, 3.63) is 23.8 Å². The fraction of sp³-hybridized carbons (Fsp3) is 0.714. The van der Waals surface area contributed by atoms with Crippen molar-refractivity contribution >= 4 is 0 Å². The average molecular weight is 194 g/mol. The Kier molecular flexibility index (Phi) is 10.2. The van der Waals surface area contributed by atoms with Gasteiger partial charge in [0.1, 0.15) is 0 Å². The van der Waals surface area contributed by atoms with Crippen LogP contribution in [0.4, 0.5) is 0 Å². The number of allylic oxidation sites excluding steroid dienone is 4. The summed E-state index contributed by atoms with van der Waals surface area (Å²) in [6.07, 6.45) is 16.3. The number of hydrogen-bond acceptors (Lipinski definition) is 0. The second-order valence-corrected chi connectivity index (χ2v) is 3.99. The zero-order valence-corrected chi connectivity index (χ0v) is 10.2. The van der Waals surface area contributed by atoms with Crippen molar-refractivity contribution in [1.82, 2.24) is 0 Å². The van der Waals surface area contributed by atoms with E-state index in [0.717, 1.165) is 0 Å². The van der Waals surface area contributed by atoms with Crippen LogP contribution in [0.25, 0.3) is 0 Å². The monoisotopic (exact) mass is 194 g/mol. The Morgan fingerprint density at radius 1 is 1.00 bits per heavy atom. The van der Waals surface area contributed by atoms with Crippen LogP contribution < -0.4 is 0 Å². The van der Waals surface area contributed by atoms with Crippen molar-refractivity contribution in [2.45, 2.75) is 65.7 Å². The van der Waals surface area contributed by atoms with Gasteiger partial charge in [-0.1, -0.05) is 62.8 Å². The zero-order valence-electron chi connectivity index (χ0n) is 10.2. The standard InChI is InChI=1S/C14H26/c1-4-6-7-8-9-10-11-12-13-14(3)5-2/h5,12-13H,4,6-11H2,1-3H3/b13-12+,14-5?. The quantitative estimate of drug-likeness (QED) is 0.365. The lowest BCUT2D eigenvalue weighted by Gasteiger charge is -1.97. The molecule has 0 radical (unpaired) electrons. The summed E-state index contributed by atoms with van der Waals surface area (Å²) in [6, 6.07) is 0. The molecule has 14 heavy (non-hydrogen) atoms. The minimum atomic E-state index is 1.25. The molecule has 0 spiro atoms. The third-order valence-electron chi connectivity index (χ3n) is 2.56. The Labute approximate surface area is 90.1 Å². The maximum atomic E-state index is 2.30. The molecule has 0 heteroatoms. The van der Waals surface area contributed by atoms with E-state index in [1.165, 1.54) is 50.5 Å². The predicted octanol–water partition coefficient (Wildman–Crippen LogP) is 5.26. The summed E-state index contributed by atoms with van der Waals surface area (Å²) in [4.78, 5) is 0. The van der Waals surface area contributed by atoms with Crippen molar-refractivity contribution in [1.29, 1.82) is 0 Å². The molecule has 0 aromatic rings. The Morgan fingerprint density at radius 3 is 2.29 bits per heavy atom. The molecule has 0 aliphatic heterocycles. The Bertz CT molecular complexity index is 163. The molecule has 0 amide bonds. The van der Waals surface area contributed by atoms with E-state index >= 15 is 0 Å². The second kappa shape index (κ2) is 10.6. The highest BCUT2D eigenvalue weighted by atomic mass is 13.9. The number of unbranched alkanes of at least 4 members (excludes halogenated alkanes) is 6. The maximum absolute atomic E-state index is 2.30. The van der Waals surface area contributed by atoms with Gasteiger partial charge in [-0.3, -0.25) is 0 Å². The lowest BCUT2D eigenvalue weighted by molar-refractivity contribution is 0.611. The van der Waals surface area contributed by atoms with E-state index in [4.69, 9.17) is 0 Å². The van der Waals surface area contributed by atoms with Gasteiger partial charge in [0.05, 0.1) is 0 Å². The molecule has 0 aromatic carbocycles. The van der Waals surface area contributed by atoms with Gasteiger partial charge < -0.3 is 0 Å². The molecule has 0 bridgehead atoms. The van der Waals surface area contributed by atoms with Crippen molar-refractivity contribution in [3.63, 3.8) is 0 Å². The molecule has 0 heterocycles. The molecule has 0 saturated heterocycles. The summed E-state index contributed by atoms with van der Waals surface area (Å²) in [7, 11) is 0. The van der Waals surface area contributed by atoms with Crippen LogP contribution in [-0.2, 0) is 0 Å². The lowest BCUT2D eigenvalue weighted by atomic mass is 10.1. The van der Waals surface area contributed by atoms with Crippen LogP contribution in [0.1, 0.15) is 65.7 Å². The molecule has 0 nitrogen and oxygen atoms in total. The fourth-order valence-electron chi connectivity index (χ4n) is 1.41. The van der Waals surface area contributed by atoms with E-state index in [9.17, 15) is 0 Å². The van der Waals surface area contributed by atoms with Crippen molar-refractivity contribution in [2.75, 3.05) is 0 Å². The summed E-state index contributed by atoms with van der Waals surface area (Å²) in [6.45, 7) is 6.50. The van der Waals surface area contributed by atoms with E-state index in [-0.39, 0.29) is 0 Å². The summed E-state index contributed by atoms with van der Waals surface area (Å²) in [5, 5.41) is 0. The smallest absolute Gasteiger partial charge is 0.0348 e. The maximum Gasteiger partial charge on any atom is -0.0348 e. The van der Waals surface area contributed by atoms with Gasteiger partial charge in [0, 0.05) is 0 Å².